The number of urea groups is 1. The van der Waals surface area contributed by atoms with E-state index in [9.17, 15) is 14.0 Å². The van der Waals surface area contributed by atoms with Gasteiger partial charge in [-0.15, -0.1) is 0 Å². The molecule has 1 aromatic rings. The van der Waals surface area contributed by atoms with Crippen LogP contribution in [-0.4, -0.2) is 35.1 Å². The van der Waals surface area contributed by atoms with Gasteiger partial charge in [0.05, 0.1) is 0 Å². The topological polar surface area (TPSA) is 69.6 Å². The van der Waals surface area contributed by atoms with Gasteiger partial charge in [-0.3, -0.25) is 4.79 Å². The highest BCUT2D eigenvalue weighted by molar-refractivity contribution is 5.90. The standard InChI is InChI=1S/C15H19FN2O3/c1-10-12(16)3-2-4-13(10)17-15(21)18-7-5-11(6-8-18)9-14(19)20/h2-4,11H,5-9H2,1H3,(H,17,21)(H,19,20). The number of carbonyl (C=O) groups excluding carboxylic acids is 1. The van der Waals surface area contributed by atoms with Crippen LogP contribution in [-0.2, 0) is 4.79 Å². The first-order chi connectivity index (χ1) is 9.97. The molecule has 0 spiro atoms. The molecule has 2 N–H and O–H groups in total. The van der Waals surface area contributed by atoms with Crippen molar-refractivity contribution in [1.82, 2.24) is 4.90 Å². The van der Waals surface area contributed by atoms with Crippen LogP contribution in [0.5, 0.6) is 0 Å². The van der Waals surface area contributed by atoms with Crippen LogP contribution in [0, 0.1) is 18.7 Å². The quantitative estimate of drug-likeness (QED) is 0.900. The van der Waals surface area contributed by atoms with E-state index in [1.54, 1.807) is 24.0 Å². The summed E-state index contributed by atoms with van der Waals surface area (Å²) in [5.74, 6) is -1.02. The van der Waals surface area contributed by atoms with Gasteiger partial charge in [-0.1, -0.05) is 6.07 Å². The molecule has 1 aliphatic rings. The number of amides is 2. The minimum Gasteiger partial charge on any atom is -0.481 e. The number of nitrogens with one attached hydrogen (secondary N) is 1. The van der Waals surface area contributed by atoms with Gasteiger partial charge in [0.15, 0.2) is 0 Å². The number of carboxylic acid groups (broad SMARTS) is 1. The van der Waals surface area contributed by atoms with E-state index in [1.807, 2.05) is 0 Å². The fraction of sp³-hybridized carbons (Fsp3) is 0.467. The van der Waals surface area contributed by atoms with E-state index >= 15 is 0 Å². The molecule has 0 aliphatic carbocycles. The van der Waals surface area contributed by atoms with E-state index in [4.69, 9.17) is 5.11 Å². The molecule has 21 heavy (non-hydrogen) atoms. The molecule has 0 unspecified atom stereocenters. The van der Waals surface area contributed by atoms with Crippen molar-refractivity contribution in [1.29, 1.82) is 0 Å². The van der Waals surface area contributed by atoms with Crippen LogP contribution in [0.15, 0.2) is 18.2 Å². The number of likely N-dealkylation sites (tertiary alicyclic amines) is 1. The maximum Gasteiger partial charge on any atom is 0.321 e. The Bertz CT molecular complexity index is 540. The van der Waals surface area contributed by atoms with Gasteiger partial charge >= 0.3 is 12.0 Å². The second-order valence-corrected chi connectivity index (χ2v) is 5.37. The van der Waals surface area contributed by atoms with E-state index < -0.39 is 5.97 Å². The normalized spacial score (nSPS) is 15.8. The van der Waals surface area contributed by atoms with Crippen molar-refractivity contribution in [3.8, 4) is 0 Å². The number of anilines is 1. The van der Waals surface area contributed by atoms with E-state index in [1.165, 1.54) is 6.07 Å². The van der Waals surface area contributed by atoms with Crippen LogP contribution in [0.25, 0.3) is 0 Å². The minimum atomic E-state index is -0.798. The Labute approximate surface area is 122 Å². The van der Waals surface area contributed by atoms with E-state index in [-0.39, 0.29) is 24.2 Å². The zero-order valence-corrected chi connectivity index (χ0v) is 11.9. The molecule has 1 fully saturated rings. The molecule has 6 heteroatoms. The van der Waals surface area contributed by atoms with E-state index in [0.717, 1.165) is 0 Å². The molecule has 1 aliphatic heterocycles. The Hall–Kier alpha value is -2.11. The number of hydrogen-bond donors (Lipinski definition) is 2. The Morgan fingerprint density at radius 2 is 2.05 bits per heavy atom. The number of aliphatic carboxylic acids is 1. The second-order valence-electron chi connectivity index (χ2n) is 5.37. The number of benzene rings is 1. The summed E-state index contributed by atoms with van der Waals surface area (Å²) in [7, 11) is 0. The Morgan fingerprint density at radius 1 is 1.38 bits per heavy atom. The lowest BCUT2D eigenvalue weighted by Gasteiger charge is -2.31. The molecule has 114 valence electrons. The summed E-state index contributed by atoms with van der Waals surface area (Å²) in [5, 5.41) is 11.5. The lowest BCUT2D eigenvalue weighted by atomic mass is 9.94. The van der Waals surface area contributed by atoms with Gasteiger partial charge in [-0.05, 0) is 37.8 Å². The summed E-state index contributed by atoms with van der Waals surface area (Å²) in [5.41, 5.74) is 0.874. The molecule has 1 heterocycles. The average molecular weight is 294 g/mol. The Balaban J connectivity index is 1.90. The highest BCUT2D eigenvalue weighted by Gasteiger charge is 2.24. The van der Waals surface area contributed by atoms with E-state index in [2.05, 4.69) is 5.32 Å². The summed E-state index contributed by atoms with van der Waals surface area (Å²) in [6.45, 7) is 2.67. The number of hydrogen-bond acceptors (Lipinski definition) is 2. The van der Waals surface area contributed by atoms with Gasteiger partial charge in [-0.2, -0.15) is 0 Å². The lowest BCUT2D eigenvalue weighted by Crippen LogP contribution is -2.41. The number of nitrogens with zero attached hydrogens (tertiary/aromatic N) is 1. The Morgan fingerprint density at radius 3 is 2.67 bits per heavy atom. The molecule has 0 saturated carbocycles. The molecule has 0 bridgehead atoms. The minimum absolute atomic E-state index is 0.127. The molecule has 2 amide bonds. The molecule has 0 atom stereocenters. The van der Waals surface area contributed by atoms with E-state index in [0.29, 0.717) is 37.2 Å². The van der Waals surface area contributed by atoms with Crippen molar-refractivity contribution >= 4 is 17.7 Å². The van der Waals surface area contributed by atoms with Crippen LogP contribution < -0.4 is 5.32 Å². The maximum absolute atomic E-state index is 13.4. The predicted octanol–water partition coefficient (Wildman–Crippen LogP) is 2.85. The SMILES string of the molecule is Cc1c(F)cccc1NC(=O)N1CCC(CC(=O)O)CC1. The largest absolute Gasteiger partial charge is 0.481 e. The first-order valence-electron chi connectivity index (χ1n) is 7.00. The fourth-order valence-electron chi connectivity index (χ4n) is 2.52. The van der Waals surface area contributed by atoms with Crippen molar-refractivity contribution in [2.75, 3.05) is 18.4 Å². The molecular weight excluding hydrogens is 275 g/mol. The highest BCUT2D eigenvalue weighted by atomic mass is 19.1. The summed E-state index contributed by atoms with van der Waals surface area (Å²) in [6, 6.07) is 4.30. The number of halogens is 1. The van der Waals surface area contributed by atoms with Crippen molar-refractivity contribution in [3.05, 3.63) is 29.6 Å². The molecule has 2 rings (SSSR count). The van der Waals surface area contributed by atoms with Crippen molar-refractivity contribution < 1.29 is 19.1 Å². The lowest BCUT2D eigenvalue weighted by molar-refractivity contribution is -0.138. The van der Waals surface area contributed by atoms with Crippen LogP contribution in [0.3, 0.4) is 0 Å². The summed E-state index contributed by atoms with van der Waals surface area (Å²) < 4.78 is 13.4. The highest BCUT2D eigenvalue weighted by Crippen LogP contribution is 2.22. The Kier molecular flexibility index (Phi) is 4.77. The summed E-state index contributed by atoms with van der Waals surface area (Å²) >= 11 is 0. The van der Waals surface area contributed by atoms with Crippen LogP contribution in [0.4, 0.5) is 14.9 Å². The number of piperidine rings is 1. The van der Waals surface area contributed by atoms with Crippen molar-refractivity contribution in [3.63, 3.8) is 0 Å². The fourth-order valence-corrected chi connectivity index (χ4v) is 2.52. The number of carboxylic acids is 1. The summed E-state index contributed by atoms with van der Waals surface area (Å²) in [4.78, 5) is 24.4. The van der Waals surface area contributed by atoms with Crippen molar-refractivity contribution in [2.24, 2.45) is 5.92 Å². The van der Waals surface area contributed by atoms with Crippen LogP contribution in [0.1, 0.15) is 24.8 Å². The third kappa shape index (κ3) is 3.93. The van der Waals surface area contributed by atoms with Gasteiger partial charge in [0.2, 0.25) is 0 Å². The average Bonchev–Trinajstić information content (AvgIpc) is 2.44. The van der Waals surface area contributed by atoms with Gasteiger partial charge in [-0.25, -0.2) is 9.18 Å². The van der Waals surface area contributed by atoms with Gasteiger partial charge in [0, 0.05) is 30.8 Å². The first-order valence-corrected chi connectivity index (χ1v) is 7.00. The zero-order chi connectivity index (χ0) is 15.4. The van der Waals surface area contributed by atoms with Gasteiger partial charge in [0.1, 0.15) is 5.82 Å². The first kappa shape index (κ1) is 15.3. The summed E-state index contributed by atoms with van der Waals surface area (Å²) in [6.07, 6.45) is 1.52. The molecular formula is C15H19FN2O3. The zero-order valence-electron chi connectivity index (χ0n) is 11.9. The molecule has 0 radical (unpaired) electrons. The molecule has 0 aromatic heterocycles. The molecule has 1 aromatic carbocycles. The van der Waals surface area contributed by atoms with Crippen LogP contribution >= 0.6 is 0 Å². The second kappa shape index (κ2) is 6.56. The molecule has 5 nitrogen and oxygen atoms in total. The number of carbonyl (C=O) groups is 2. The smallest absolute Gasteiger partial charge is 0.321 e. The monoisotopic (exact) mass is 294 g/mol. The third-order valence-corrected chi connectivity index (χ3v) is 3.87. The maximum atomic E-state index is 13.4. The third-order valence-electron chi connectivity index (χ3n) is 3.87. The van der Waals surface area contributed by atoms with Gasteiger partial charge < -0.3 is 15.3 Å². The van der Waals surface area contributed by atoms with Gasteiger partial charge in [0.25, 0.3) is 0 Å². The molecule has 1 saturated heterocycles. The van der Waals surface area contributed by atoms with Crippen molar-refractivity contribution in [2.45, 2.75) is 26.2 Å². The predicted molar refractivity (Wildman–Crippen MR) is 76.7 cm³/mol. The number of rotatable bonds is 3. The van der Waals surface area contributed by atoms with Crippen LogP contribution in [0.2, 0.25) is 0 Å².